The number of hydrogen-bond donors (Lipinski definition) is 2. The molecule has 2 aromatic rings. The number of anilines is 2. The Morgan fingerprint density at radius 2 is 1.88 bits per heavy atom. The average Bonchev–Trinajstić information content (AvgIpc) is 2.89. The van der Waals surface area contributed by atoms with Gasteiger partial charge in [0.2, 0.25) is 5.92 Å². The summed E-state index contributed by atoms with van der Waals surface area (Å²) in [5, 5.41) is 7.93. The molecule has 1 aliphatic heterocycles. The molecule has 0 radical (unpaired) electrons. The number of aromatic nitrogens is 1. The van der Waals surface area contributed by atoms with Crippen LogP contribution in [-0.4, -0.2) is 34.1 Å². The van der Waals surface area contributed by atoms with E-state index in [-0.39, 0.29) is 52.6 Å². The molecule has 1 aromatic heterocycles. The summed E-state index contributed by atoms with van der Waals surface area (Å²) in [5.41, 5.74) is -1.26. The van der Waals surface area contributed by atoms with Gasteiger partial charge < -0.3 is 10.2 Å². The monoisotopic (exact) mass is 490 g/mol. The van der Waals surface area contributed by atoms with Crippen molar-refractivity contribution in [2.24, 2.45) is 5.14 Å². The van der Waals surface area contributed by atoms with Crippen molar-refractivity contribution in [3.8, 4) is 0 Å². The van der Waals surface area contributed by atoms with Gasteiger partial charge in [-0.15, -0.1) is 0 Å². The Balaban J connectivity index is 2.09. The van der Waals surface area contributed by atoms with Gasteiger partial charge in [0.1, 0.15) is 22.5 Å². The predicted octanol–water partition coefficient (Wildman–Crippen LogP) is 4.58. The zero-order chi connectivity index (χ0) is 24.6. The number of nitrogens with two attached hydrogens (primary N) is 1. The number of nitrogens with zero attached hydrogens (tertiary/aromatic N) is 2. The number of carbonyl (C=O) groups excluding carboxylic acids is 1. The molecule has 1 amide bonds. The third kappa shape index (κ3) is 5.67. The Morgan fingerprint density at radius 3 is 2.52 bits per heavy atom. The van der Waals surface area contributed by atoms with Crippen LogP contribution in [0.25, 0.3) is 0 Å². The second-order valence-corrected chi connectivity index (χ2v) is 8.95. The maximum atomic E-state index is 13.9. The molecule has 1 atom stereocenters. The maximum absolute atomic E-state index is 13.9. The van der Waals surface area contributed by atoms with Gasteiger partial charge in [-0.25, -0.2) is 23.1 Å². The van der Waals surface area contributed by atoms with Gasteiger partial charge in [0.25, 0.3) is 5.91 Å². The van der Waals surface area contributed by atoms with Crippen molar-refractivity contribution in [2.75, 3.05) is 23.3 Å². The fourth-order valence-corrected chi connectivity index (χ4v) is 4.18. The lowest BCUT2D eigenvalue weighted by atomic mass is 10.0. The first kappa shape index (κ1) is 25.0. The normalized spacial score (nSPS) is 17.4. The average molecular weight is 490 g/mol. The van der Waals surface area contributed by atoms with Crippen LogP contribution in [0.4, 0.5) is 33.5 Å². The Bertz CT molecular complexity index is 1090. The molecular weight excluding hydrogens is 467 g/mol. The number of hydrogen-bond acceptors (Lipinski definition) is 4. The van der Waals surface area contributed by atoms with E-state index < -0.39 is 47.5 Å². The van der Waals surface area contributed by atoms with Gasteiger partial charge in [-0.05, 0) is 49.6 Å². The maximum Gasteiger partial charge on any atom is 0.433 e. The van der Waals surface area contributed by atoms with Crippen LogP contribution in [0.15, 0.2) is 29.2 Å². The van der Waals surface area contributed by atoms with Crippen LogP contribution in [0.5, 0.6) is 0 Å². The first-order valence-corrected chi connectivity index (χ1v) is 11.3. The number of amides is 1. The van der Waals surface area contributed by atoms with Crippen LogP contribution in [0, 0.1) is 13.8 Å². The number of pyridine rings is 1. The van der Waals surface area contributed by atoms with E-state index in [9.17, 15) is 31.0 Å². The minimum Gasteiger partial charge on any atom is -0.356 e. The summed E-state index contributed by atoms with van der Waals surface area (Å²) < 4.78 is 80.2. The first-order valence-electron chi connectivity index (χ1n) is 10.1. The van der Waals surface area contributed by atoms with Crippen LogP contribution in [0.2, 0.25) is 0 Å². The molecule has 0 spiro atoms. The molecule has 12 heteroatoms. The molecule has 0 unspecified atom stereocenters. The second kappa shape index (κ2) is 9.34. The number of alkyl halides is 5. The van der Waals surface area contributed by atoms with E-state index in [0.29, 0.717) is 0 Å². The summed E-state index contributed by atoms with van der Waals surface area (Å²) in [6.45, 7) is 2.36. The molecular formula is C21H23F5N4O2S. The van der Waals surface area contributed by atoms with Crippen LogP contribution in [0.1, 0.15) is 46.4 Å². The molecule has 33 heavy (non-hydrogen) atoms. The molecule has 3 rings (SSSR count). The third-order valence-electron chi connectivity index (χ3n) is 5.57. The Hall–Kier alpha value is -2.60. The number of halogens is 5. The number of nitrogens with one attached hydrogen (secondary N) is 1. The lowest BCUT2D eigenvalue weighted by molar-refractivity contribution is -0.141. The van der Waals surface area contributed by atoms with Crippen molar-refractivity contribution in [1.29, 1.82) is 0 Å². The topological polar surface area (TPSA) is 88.3 Å². The molecule has 1 fully saturated rings. The summed E-state index contributed by atoms with van der Waals surface area (Å²) >= 11 is 0. The number of carbonyl (C=O) groups is 1. The molecule has 180 valence electrons. The lowest BCUT2D eigenvalue weighted by Gasteiger charge is -2.27. The van der Waals surface area contributed by atoms with E-state index in [0.717, 1.165) is 0 Å². The highest BCUT2D eigenvalue weighted by molar-refractivity contribution is 7.82. The van der Waals surface area contributed by atoms with E-state index in [1.165, 1.54) is 43.0 Å². The first-order chi connectivity index (χ1) is 15.3. The van der Waals surface area contributed by atoms with Crippen LogP contribution in [-0.2, 0) is 17.2 Å². The highest BCUT2D eigenvalue weighted by Gasteiger charge is 2.39. The lowest BCUT2D eigenvalue weighted by Crippen LogP contribution is -2.31. The van der Waals surface area contributed by atoms with Gasteiger partial charge in [0.15, 0.2) is 0 Å². The minimum absolute atomic E-state index is 0.0321. The SMILES string of the molecule is Cc1c(C(F)(F)F)nc(N2CCCC(F)(F)CC2)c(C(=O)Nc2cccc([S@](N)=O)c2)c1C. The molecule has 6 nitrogen and oxygen atoms in total. The summed E-state index contributed by atoms with van der Waals surface area (Å²) in [4.78, 5) is 18.5. The van der Waals surface area contributed by atoms with Crippen molar-refractivity contribution in [3.05, 3.63) is 46.6 Å². The fraction of sp³-hybridized carbons (Fsp3) is 0.429. The quantitative estimate of drug-likeness (QED) is 0.615. The second-order valence-electron chi connectivity index (χ2n) is 7.88. The van der Waals surface area contributed by atoms with Gasteiger partial charge in [0, 0.05) is 31.6 Å². The molecule has 0 saturated carbocycles. The molecule has 0 aliphatic carbocycles. The van der Waals surface area contributed by atoms with Crippen molar-refractivity contribution in [2.45, 2.75) is 50.1 Å². The Morgan fingerprint density at radius 1 is 1.18 bits per heavy atom. The van der Waals surface area contributed by atoms with Crippen LogP contribution >= 0.6 is 0 Å². The van der Waals surface area contributed by atoms with Gasteiger partial charge in [0.05, 0.1) is 10.5 Å². The molecule has 1 saturated heterocycles. The predicted molar refractivity (Wildman–Crippen MR) is 115 cm³/mol. The van der Waals surface area contributed by atoms with E-state index >= 15 is 0 Å². The molecule has 2 heterocycles. The van der Waals surface area contributed by atoms with Crippen LogP contribution in [0.3, 0.4) is 0 Å². The van der Waals surface area contributed by atoms with Crippen molar-refractivity contribution >= 4 is 28.4 Å². The molecule has 1 aromatic carbocycles. The van der Waals surface area contributed by atoms with Gasteiger partial charge in [-0.1, -0.05) is 6.07 Å². The van der Waals surface area contributed by atoms with E-state index in [1.807, 2.05) is 0 Å². The van der Waals surface area contributed by atoms with E-state index in [2.05, 4.69) is 10.3 Å². The molecule has 1 aliphatic rings. The Labute approximate surface area is 190 Å². The smallest absolute Gasteiger partial charge is 0.356 e. The number of benzene rings is 1. The zero-order valence-electron chi connectivity index (χ0n) is 17.9. The summed E-state index contributed by atoms with van der Waals surface area (Å²) in [6, 6.07) is 5.88. The van der Waals surface area contributed by atoms with Crippen LogP contribution < -0.4 is 15.4 Å². The standard InChI is InChI=1S/C21H23F5N4O2S/c1-12-13(2)17(21(24,25)26)29-18(30-9-4-7-20(22,23)8-10-30)16(12)19(31)28-14-5-3-6-15(11-14)33(27)32/h3,5-6,11H,4,7-10,27H2,1-2H3,(H,28,31)/t33-/m1/s1. The highest BCUT2D eigenvalue weighted by Crippen LogP contribution is 2.38. The summed E-state index contributed by atoms with van der Waals surface area (Å²) in [7, 11) is -1.81. The highest BCUT2D eigenvalue weighted by atomic mass is 32.2. The molecule has 0 bridgehead atoms. The summed E-state index contributed by atoms with van der Waals surface area (Å²) in [5.74, 6) is -4.00. The van der Waals surface area contributed by atoms with E-state index in [4.69, 9.17) is 5.14 Å². The fourth-order valence-electron chi connectivity index (χ4n) is 3.72. The number of rotatable bonds is 4. The minimum atomic E-state index is -4.78. The van der Waals surface area contributed by atoms with Gasteiger partial charge in [-0.3, -0.25) is 4.79 Å². The largest absolute Gasteiger partial charge is 0.433 e. The van der Waals surface area contributed by atoms with Crippen molar-refractivity contribution in [1.82, 2.24) is 4.98 Å². The Kier molecular flexibility index (Phi) is 7.08. The summed E-state index contributed by atoms with van der Waals surface area (Å²) in [6.07, 6.45) is -5.71. The van der Waals surface area contributed by atoms with Gasteiger partial charge >= 0.3 is 6.18 Å². The zero-order valence-corrected chi connectivity index (χ0v) is 18.7. The van der Waals surface area contributed by atoms with Crippen molar-refractivity contribution < 1.29 is 31.0 Å². The third-order valence-corrected chi connectivity index (χ3v) is 6.29. The van der Waals surface area contributed by atoms with E-state index in [1.54, 1.807) is 0 Å². The van der Waals surface area contributed by atoms with Gasteiger partial charge in [-0.2, -0.15) is 13.2 Å². The molecule has 3 N–H and O–H groups in total. The van der Waals surface area contributed by atoms with Crippen molar-refractivity contribution in [3.63, 3.8) is 0 Å².